The molecule has 0 aliphatic carbocycles. The lowest BCUT2D eigenvalue weighted by atomic mass is 10.0. The summed E-state index contributed by atoms with van der Waals surface area (Å²) in [6.45, 7) is 7.04. The number of hydrogen-bond donors (Lipinski definition) is 0. The van der Waals surface area contributed by atoms with Gasteiger partial charge in [-0.05, 0) is 36.6 Å². The first-order valence-electron chi connectivity index (χ1n) is 6.57. The summed E-state index contributed by atoms with van der Waals surface area (Å²) in [4.78, 5) is 0. The highest BCUT2D eigenvalue weighted by molar-refractivity contribution is 6.30. The molecular formula is C16H21ClO. The molecule has 2 heteroatoms. The van der Waals surface area contributed by atoms with Crippen LogP contribution in [0.15, 0.2) is 18.2 Å². The molecule has 0 heterocycles. The molecule has 0 saturated heterocycles. The van der Waals surface area contributed by atoms with E-state index in [9.17, 15) is 0 Å². The van der Waals surface area contributed by atoms with E-state index in [0.29, 0.717) is 5.92 Å². The molecule has 0 bridgehead atoms. The second-order valence-electron chi connectivity index (χ2n) is 4.38. The van der Waals surface area contributed by atoms with Crippen LogP contribution in [0.1, 0.15) is 39.2 Å². The Morgan fingerprint density at radius 2 is 2.11 bits per heavy atom. The molecule has 0 aliphatic rings. The maximum absolute atomic E-state index is 6.05. The zero-order valence-corrected chi connectivity index (χ0v) is 12.2. The van der Waals surface area contributed by atoms with Gasteiger partial charge in [0, 0.05) is 17.4 Å². The van der Waals surface area contributed by atoms with Crippen molar-refractivity contribution in [2.45, 2.75) is 40.0 Å². The Labute approximate surface area is 115 Å². The molecule has 0 saturated carbocycles. The Morgan fingerprint density at radius 1 is 1.33 bits per heavy atom. The SMILES string of the molecule is CCC#CC(C)Cc1cc(Cl)ccc1OCCC. The minimum atomic E-state index is 0.326. The van der Waals surface area contributed by atoms with Gasteiger partial charge < -0.3 is 4.74 Å². The zero-order valence-electron chi connectivity index (χ0n) is 11.4. The zero-order chi connectivity index (χ0) is 13.4. The quantitative estimate of drug-likeness (QED) is 0.699. The van der Waals surface area contributed by atoms with E-state index in [2.05, 4.69) is 32.6 Å². The van der Waals surface area contributed by atoms with Gasteiger partial charge in [-0.1, -0.05) is 38.3 Å². The molecule has 1 rings (SSSR count). The number of ether oxygens (including phenoxy) is 1. The third-order valence-electron chi connectivity index (χ3n) is 2.54. The van der Waals surface area contributed by atoms with Crippen LogP contribution in [0.5, 0.6) is 5.75 Å². The maximum atomic E-state index is 6.05. The van der Waals surface area contributed by atoms with E-state index in [1.54, 1.807) is 0 Å². The molecule has 0 aromatic heterocycles. The Bertz CT molecular complexity index is 428. The van der Waals surface area contributed by atoms with Crippen LogP contribution in [0, 0.1) is 17.8 Å². The van der Waals surface area contributed by atoms with Crippen LogP contribution in [0.25, 0.3) is 0 Å². The Morgan fingerprint density at radius 3 is 2.78 bits per heavy atom. The van der Waals surface area contributed by atoms with E-state index in [0.717, 1.165) is 42.2 Å². The van der Waals surface area contributed by atoms with Gasteiger partial charge >= 0.3 is 0 Å². The number of halogens is 1. The van der Waals surface area contributed by atoms with Gasteiger partial charge in [-0.25, -0.2) is 0 Å². The van der Waals surface area contributed by atoms with Gasteiger partial charge in [0.2, 0.25) is 0 Å². The largest absolute Gasteiger partial charge is 0.493 e. The van der Waals surface area contributed by atoms with Gasteiger partial charge in [0.1, 0.15) is 5.75 Å². The van der Waals surface area contributed by atoms with E-state index in [4.69, 9.17) is 16.3 Å². The van der Waals surface area contributed by atoms with Crippen LogP contribution in [0.4, 0.5) is 0 Å². The second-order valence-corrected chi connectivity index (χ2v) is 4.82. The standard InChI is InChI=1S/C16H21ClO/c1-4-6-7-13(3)11-14-12-15(17)8-9-16(14)18-10-5-2/h8-9,12-13H,4-5,10-11H2,1-3H3. The first kappa shape index (κ1) is 14.9. The van der Waals surface area contributed by atoms with Crippen LogP contribution >= 0.6 is 11.6 Å². The summed E-state index contributed by atoms with van der Waals surface area (Å²) in [5, 5.41) is 0.754. The van der Waals surface area contributed by atoms with Crippen molar-refractivity contribution in [3.05, 3.63) is 28.8 Å². The molecule has 1 aromatic carbocycles. The van der Waals surface area contributed by atoms with Crippen molar-refractivity contribution in [3.63, 3.8) is 0 Å². The topological polar surface area (TPSA) is 9.23 Å². The van der Waals surface area contributed by atoms with E-state index in [1.165, 1.54) is 0 Å². The summed E-state index contributed by atoms with van der Waals surface area (Å²) in [6, 6.07) is 5.81. The van der Waals surface area contributed by atoms with Gasteiger partial charge in [0.05, 0.1) is 6.61 Å². The van der Waals surface area contributed by atoms with Crippen molar-refractivity contribution >= 4 is 11.6 Å². The van der Waals surface area contributed by atoms with Crippen LogP contribution < -0.4 is 4.74 Å². The summed E-state index contributed by atoms with van der Waals surface area (Å²) in [5.74, 6) is 7.62. The number of benzene rings is 1. The van der Waals surface area contributed by atoms with Gasteiger partial charge in [-0.2, -0.15) is 0 Å². The average Bonchev–Trinajstić information content (AvgIpc) is 2.35. The third kappa shape index (κ3) is 5.02. The highest BCUT2D eigenvalue weighted by Crippen LogP contribution is 2.25. The molecule has 0 aliphatic heterocycles. The fraction of sp³-hybridized carbons (Fsp3) is 0.500. The lowest BCUT2D eigenvalue weighted by Crippen LogP contribution is -2.02. The van der Waals surface area contributed by atoms with Crippen molar-refractivity contribution in [3.8, 4) is 17.6 Å². The van der Waals surface area contributed by atoms with Crippen LogP contribution in [-0.4, -0.2) is 6.61 Å². The summed E-state index contributed by atoms with van der Waals surface area (Å²) in [7, 11) is 0. The first-order valence-corrected chi connectivity index (χ1v) is 6.94. The minimum Gasteiger partial charge on any atom is -0.493 e. The average molecular weight is 265 g/mol. The Kier molecular flexibility index (Phi) is 6.68. The van der Waals surface area contributed by atoms with Gasteiger partial charge in [0.25, 0.3) is 0 Å². The number of hydrogen-bond acceptors (Lipinski definition) is 1. The predicted molar refractivity (Wildman–Crippen MR) is 78.2 cm³/mol. The summed E-state index contributed by atoms with van der Waals surface area (Å²) in [6.07, 6.45) is 2.79. The molecule has 98 valence electrons. The van der Waals surface area contributed by atoms with E-state index in [-0.39, 0.29) is 0 Å². The third-order valence-corrected chi connectivity index (χ3v) is 2.77. The van der Waals surface area contributed by atoms with Crippen LogP contribution in [-0.2, 0) is 6.42 Å². The molecule has 0 fully saturated rings. The first-order chi connectivity index (χ1) is 8.67. The van der Waals surface area contributed by atoms with E-state index < -0.39 is 0 Å². The van der Waals surface area contributed by atoms with E-state index in [1.807, 2.05) is 18.2 Å². The lowest BCUT2D eigenvalue weighted by Gasteiger charge is -2.12. The summed E-state index contributed by atoms with van der Waals surface area (Å²) in [5.41, 5.74) is 1.15. The van der Waals surface area contributed by atoms with Crippen LogP contribution in [0.3, 0.4) is 0 Å². The predicted octanol–water partition coefficient (Wildman–Crippen LogP) is 4.72. The van der Waals surface area contributed by atoms with Gasteiger partial charge in [-0.3, -0.25) is 0 Å². The summed E-state index contributed by atoms with van der Waals surface area (Å²) < 4.78 is 5.74. The van der Waals surface area contributed by atoms with Crippen LogP contribution in [0.2, 0.25) is 5.02 Å². The second kappa shape index (κ2) is 8.06. The molecule has 0 N–H and O–H groups in total. The van der Waals surface area contributed by atoms with Gasteiger partial charge in [0.15, 0.2) is 0 Å². The molecule has 1 nitrogen and oxygen atoms in total. The summed E-state index contributed by atoms with van der Waals surface area (Å²) >= 11 is 6.05. The molecule has 0 spiro atoms. The van der Waals surface area contributed by atoms with Crippen molar-refractivity contribution in [2.75, 3.05) is 6.61 Å². The van der Waals surface area contributed by atoms with Gasteiger partial charge in [-0.15, -0.1) is 5.92 Å². The maximum Gasteiger partial charge on any atom is 0.122 e. The van der Waals surface area contributed by atoms with E-state index >= 15 is 0 Å². The normalized spacial score (nSPS) is 11.6. The Balaban J connectivity index is 2.81. The smallest absolute Gasteiger partial charge is 0.122 e. The molecule has 1 aromatic rings. The van der Waals surface area contributed by atoms with Crippen molar-refractivity contribution < 1.29 is 4.74 Å². The molecule has 0 amide bonds. The lowest BCUT2D eigenvalue weighted by molar-refractivity contribution is 0.313. The van der Waals surface area contributed by atoms with Crippen molar-refractivity contribution in [1.29, 1.82) is 0 Å². The highest BCUT2D eigenvalue weighted by Gasteiger charge is 2.08. The Hall–Kier alpha value is -1.13. The molecular weight excluding hydrogens is 244 g/mol. The molecule has 1 atom stereocenters. The fourth-order valence-corrected chi connectivity index (χ4v) is 1.91. The minimum absolute atomic E-state index is 0.326. The van der Waals surface area contributed by atoms with Crippen molar-refractivity contribution in [2.24, 2.45) is 5.92 Å². The molecule has 1 unspecified atom stereocenters. The fourth-order valence-electron chi connectivity index (χ4n) is 1.72. The highest BCUT2D eigenvalue weighted by atomic mass is 35.5. The molecule has 0 radical (unpaired) electrons. The molecule has 18 heavy (non-hydrogen) atoms. The monoisotopic (exact) mass is 264 g/mol. The number of rotatable bonds is 5. The van der Waals surface area contributed by atoms with Crippen molar-refractivity contribution in [1.82, 2.24) is 0 Å².